The molecule has 1 N–H and O–H groups in total. The maximum Gasteiger partial charge on any atom is 0.261 e. The van der Waals surface area contributed by atoms with Gasteiger partial charge in [-0.25, -0.2) is 0 Å². The third-order valence-corrected chi connectivity index (χ3v) is 11.0. The van der Waals surface area contributed by atoms with Gasteiger partial charge in [0.2, 0.25) is 5.78 Å². The molecule has 0 aliphatic rings. The Kier molecular flexibility index (Phi) is 10.2. The van der Waals surface area contributed by atoms with Gasteiger partial charge in [-0.05, 0) is 26.9 Å². The zero-order chi connectivity index (χ0) is 25.9. The molecule has 0 heterocycles. The molecular weight excluding hydrogens is 464 g/mol. The summed E-state index contributed by atoms with van der Waals surface area (Å²) in [6, 6.07) is 30.4. The molecule has 0 amide bonds. The lowest BCUT2D eigenvalue weighted by atomic mass is 10.2. The van der Waals surface area contributed by atoms with Gasteiger partial charge in [-0.3, -0.25) is 4.79 Å². The number of ketones is 1. The molecule has 0 fully saturated rings. The third-order valence-electron chi connectivity index (χ3n) is 6.04. The van der Waals surface area contributed by atoms with E-state index in [1.807, 2.05) is 66.7 Å². The number of aliphatic hydroxyl groups excluding tert-OH is 1. The van der Waals surface area contributed by atoms with Gasteiger partial charge >= 0.3 is 0 Å². The number of benzene rings is 3. The van der Waals surface area contributed by atoms with E-state index in [2.05, 4.69) is 56.9 Å². The summed E-state index contributed by atoms with van der Waals surface area (Å²) in [4.78, 5) is 12.4. The first-order chi connectivity index (χ1) is 17.3. The summed E-state index contributed by atoms with van der Waals surface area (Å²) in [7, 11) is -2.76. The molecule has 0 spiro atoms. The van der Waals surface area contributed by atoms with Gasteiger partial charge in [-0.1, -0.05) is 118 Å². The number of carbonyl (C=O) groups excluding carboxylic acids is 1. The highest BCUT2D eigenvalue weighted by atomic mass is 28.4. The van der Waals surface area contributed by atoms with Crippen molar-refractivity contribution in [3.63, 3.8) is 0 Å². The first kappa shape index (κ1) is 27.6. The normalized spacial score (nSPS) is 12.4. The second-order valence-corrected chi connectivity index (χ2v) is 14.2. The van der Waals surface area contributed by atoms with Crippen LogP contribution in [0, 0.1) is 11.8 Å². The van der Waals surface area contributed by atoms with E-state index in [1.165, 1.54) is 0 Å². The summed E-state index contributed by atoms with van der Waals surface area (Å²) in [5.74, 6) is 5.19. The fourth-order valence-corrected chi connectivity index (χ4v) is 8.95. The first-order valence-electron chi connectivity index (χ1n) is 12.4. The van der Waals surface area contributed by atoms with E-state index in [1.54, 1.807) is 0 Å². The van der Waals surface area contributed by atoms with Crippen LogP contribution in [0.25, 0.3) is 0 Å². The van der Waals surface area contributed by atoms with Crippen molar-refractivity contribution in [2.45, 2.75) is 51.4 Å². The predicted molar refractivity (Wildman–Crippen MR) is 148 cm³/mol. The molecule has 0 unspecified atom stereocenters. The molecule has 188 valence electrons. The van der Waals surface area contributed by atoms with Crippen molar-refractivity contribution in [3.05, 3.63) is 96.6 Å². The van der Waals surface area contributed by atoms with Crippen molar-refractivity contribution in [3.8, 4) is 11.8 Å². The van der Waals surface area contributed by atoms with Gasteiger partial charge in [0, 0.05) is 12.8 Å². The van der Waals surface area contributed by atoms with Crippen LogP contribution in [0.1, 0.15) is 39.2 Å². The summed E-state index contributed by atoms with van der Waals surface area (Å²) in [6.45, 7) is 7.59. The largest absolute Gasteiger partial charge is 0.405 e. The molecule has 3 rings (SSSR count). The summed E-state index contributed by atoms with van der Waals surface area (Å²) < 4.78 is 12.3. The van der Waals surface area contributed by atoms with Crippen LogP contribution in [0.3, 0.4) is 0 Å². The maximum absolute atomic E-state index is 12.4. The van der Waals surface area contributed by atoms with Gasteiger partial charge in [0.15, 0.2) is 0 Å². The maximum atomic E-state index is 12.4. The highest BCUT2D eigenvalue weighted by Gasteiger charge is 2.50. The van der Waals surface area contributed by atoms with E-state index >= 15 is 0 Å². The molecule has 5 heteroatoms. The number of carbonyl (C=O) groups is 1. The molecule has 3 aromatic rings. The Hall–Kier alpha value is -3.01. The number of ether oxygens (including phenoxy) is 1. The van der Waals surface area contributed by atoms with Crippen LogP contribution < -0.4 is 10.4 Å². The minimum atomic E-state index is -2.76. The van der Waals surface area contributed by atoms with Crippen molar-refractivity contribution in [2.24, 2.45) is 0 Å². The van der Waals surface area contributed by atoms with Crippen LogP contribution in [-0.4, -0.2) is 38.5 Å². The Bertz CT molecular complexity index is 1090. The monoisotopic (exact) mass is 500 g/mol. The van der Waals surface area contributed by atoms with Crippen molar-refractivity contribution < 1.29 is 19.1 Å². The minimum absolute atomic E-state index is 0.0594. The highest BCUT2D eigenvalue weighted by molar-refractivity contribution is 6.99. The van der Waals surface area contributed by atoms with Crippen molar-refractivity contribution in [1.82, 2.24) is 0 Å². The Morgan fingerprint density at radius 2 is 1.42 bits per heavy atom. The average molecular weight is 501 g/mol. The topological polar surface area (TPSA) is 55.8 Å². The molecule has 0 radical (unpaired) electrons. The predicted octanol–water partition coefficient (Wildman–Crippen LogP) is 4.49. The summed E-state index contributed by atoms with van der Waals surface area (Å²) in [5, 5.41) is 12.8. The molecule has 0 saturated carbocycles. The first-order valence-corrected chi connectivity index (χ1v) is 14.3. The summed E-state index contributed by atoms with van der Waals surface area (Å²) in [6.07, 6.45) is -0.522. The van der Waals surface area contributed by atoms with Crippen LogP contribution >= 0.6 is 0 Å². The molecule has 0 aliphatic heterocycles. The molecule has 4 nitrogen and oxygen atoms in total. The highest BCUT2D eigenvalue weighted by Crippen LogP contribution is 2.36. The third kappa shape index (κ3) is 7.49. The van der Waals surface area contributed by atoms with E-state index in [0.717, 1.165) is 15.9 Å². The van der Waals surface area contributed by atoms with Crippen LogP contribution in [0.4, 0.5) is 0 Å². The number of aliphatic hydroxyl groups is 1. The second kappa shape index (κ2) is 13.3. The molecule has 0 saturated heterocycles. The van der Waals surface area contributed by atoms with Crippen molar-refractivity contribution in [2.75, 3.05) is 13.2 Å². The van der Waals surface area contributed by atoms with Crippen LogP contribution in [0.2, 0.25) is 5.04 Å². The fourth-order valence-electron chi connectivity index (χ4n) is 4.36. The molecule has 0 aromatic heterocycles. The molecule has 3 aromatic carbocycles. The Balaban J connectivity index is 1.59. The van der Waals surface area contributed by atoms with E-state index in [4.69, 9.17) is 9.16 Å². The van der Waals surface area contributed by atoms with Gasteiger partial charge in [-0.15, -0.1) is 0 Å². The van der Waals surface area contributed by atoms with E-state index in [0.29, 0.717) is 19.6 Å². The smallest absolute Gasteiger partial charge is 0.261 e. The lowest BCUT2D eigenvalue weighted by Gasteiger charge is -2.43. The molecule has 0 aliphatic carbocycles. The standard InChI is InChI=1S/C31H36O4Si/c1-31(2,3)36(29-18-9-5-10-19-29,30-20-11-6-12-21-30)35-25-28(33)23-27(32)17-13-14-22-34-24-26-15-7-4-8-16-26/h4-12,15-16,18-21,28,33H,14,22-25H2,1-3H3/t28-/m0/s1. The molecule has 36 heavy (non-hydrogen) atoms. The molecule has 1 atom stereocenters. The minimum Gasteiger partial charge on any atom is -0.405 e. The number of rotatable bonds is 11. The summed E-state index contributed by atoms with van der Waals surface area (Å²) >= 11 is 0. The number of hydrogen-bond donors (Lipinski definition) is 1. The zero-order valence-corrected chi connectivity index (χ0v) is 22.4. The van der Waals surface area contributed by atoms with E-state index in [9.17, 15) is 9.90 Å². The lowest BCUT2D eigenvalue weighted by molar-refractivity contribution is -0.116. The van der Waals surface area contributed by atoms with E-state index < -0.39 is 14.4 Å². The van der Waals surface area contributed by atoms with Gasteiger partial charge in [0.1, 0.15) is 0 Å². The van der Waals surface area contributed by atoms with Gasteiger partial charge in [0.05, 0.1) is 25.9 Å². The van der Waals surface area contributed by atoms with Crippen LogP contribution in [-0.2, 0) is 20.6 Å². The van der Waals surface area contributed by atoms with Gasteiger partial charge in [-0.2, -0.15) is 0 Å². The SMILES string of the molecule is CC(C)(C)[Si](OC[C@@H](O)CC(=O)C#CCCOCc1ccccc1)(c1ccccc1)c1ccccc1. The average Bonchev–Trinajstić information content (AvgIpc) is 2.87. The molecular formula is C31H36O4Si. The van der Waals surface area contributed by atoms with Gasteiger partial charge in [0.25, 0.3) is 8.32 Å². The zero-order valence-electron chi connectivity index (χ0n) is 21.4. The number of hydrogen-bond acceptors (Lipinski definition) is 4. The second-order valence-electron chi connectivity index (χ2n) is 9.85. The summed E-state index contributed by atoms with van der Waals surface area (Å²) in [5.41, 5.74) is 1.10. The van der Waals surface area contributed by atoms with Gasteiger partial charge < -0.3 is 14.3 Å². The van der Waals surface area contributed by atoms with Crippen molar-refractivity contribution in [1.29, 1.82) is 0 Å². The Morgan fingerprint density at radius 1 is 0.889 bits per heavy atom. The van der Waals surface area contributed by atoms with Crippen LogP contribution in [0.15, 0.2) is 91.0 Å². The van der Waals surface area contributed by atoms with E-state index in [-0.39, 0.29) is 23.8 Å². The Labute approximate surface area is 216 Å². The fraction of sp³-hybridized carbons (Fsp3) is 0.323. The quantitative estimate of drug-likeness (QED) is 0.182. The van der Waals surface area contributed by atoms with Crippen molar-refractivity contribution >= 4 is 24.5 Å². The number of Topliss-reactive ketones (excluding diaryl/α,β-unsaturated/α-hetero) is 1. The Morgan fingerprint density at radius 3 is 1.94 bits per heavy atom. The molecule has 0 bridgehead atoms. The lowest BCUT2D eigenvalue weighted by Crippen LogP contribution is -2.67. The van der Waals surface area contributed by atoms with Crippen LogP contribution in [0.5, 0.6) is 0 Å².